The average molecular weight is 238 g/mol. The van der Waals surface area contributed by atoms with Gasteiger partial charge in [0.1, 0.15) is 6.04 Å². The van der Waals surface area contributed by atoms with Crippen LogP contribution in [0.25, 0.3) is 0 Å². The summed E-state index contributed by atoms with van der Waals surface area (Å²) in [4.78, 5) is 27.8. The Kier molecular flexibility index (Phi) is 3.69. The molecule has 1 aliphatic carbocycles. The highest BCUT2D eigenvalue weighted by molar-refractivity contribution is 5.89. The maximum atomic E-state index is 12.3. The Morgan fingerprint density at radius 3 is 2.29 bits per heavy atom. The molecule has 0 aromatic carbocycles. The highest BCUT2D eigenvalue weighted by atomic mass is 16.2. The van der Waals surface area contributed by atoms with Crippen molar-refractivity contribution in [3.05, 3.63) is 0 Å². The van der Waals surface area contributed by atoms with Gasteiger partial charge in [-0.1, -0.05) is 12.8 Å². The quantitative estimate of drug-likeness (QED) is 0.726. The first-order valence-electron chi connectivity index (χ1n) is 6.63. The van der Waals surface area contributed by atoms with Crippen LogP contribution in [0.2, 0.25) is 0 Å². The summed E-state index contributed by atoms with van der Waals surface area (Å²) in [5.41, 5.74) is 0. The van der Waals surface area contributed by atoms with E-state index in [4.69, 9.17) is 0 Å². The second kappa shape index (κ2) is 5.07. The van der Waals surface area contributed by atoms with Gasteiger partial charge in [-0.25, -0.2) is 0 Å². The van der Waals surface area contributed by atoms with Crippen LogP contribution in [0.3, 0.4) is 0 Å². The second-order valence-corrected chi connectivity index (χ2v) is 5.40. The minimum atomic E-state index is -0.196. The third-order valence-electron chi connectivity index (χ3n) is 3.97. The molecule has 0 aromatic rings. The van der Waals surface area contributed by atoms with Crippen LogP contribution in [0.5, 0.6) is 0 Å². The van der Waals surface area contributed by atoms with Gasteiger partial charge in [-0.3, -0.25) is 9.59 Å². The Morgan fingerprint density at radius 2 is 1.71 bits per heavy atom. The predicted molar refractivity (Wildman–Crippen MR) is 65.4 cm³/mol. The largest absolute Gasteiger partial charge is 0.347 e. The molecule has 1 saturated heterocycles. The Balaban J connectivity index is 2.03. The van der Waals surface area contributed by atoms with Gasteiger partial charge in [0, 0.05) is 26.6 Å². The van der Waals surface area contributed by atoms with Crippen LogP contribution in [0.4, 0.5) is 0 Å². The molecule has 2 aliphatic rings. The van der Waals surface area contributed by atoms with Crippen molar-refractivity contribution in [3.8, 4) is 0 Å². The van der Waals surface area contributed by atoms with Crippen molar-refractivity contribution >= 4 is 11.8 Å². The molecule has 1 unspecified atom stereocenters. The molecule has 1 atom stereocenters. The molecular weight excluding hydrogens is 216 g/mol. The molecule has 1 saturated carbocycles. The molecular formula is C13H22N2O2. The van der Waals surface area contributed by atoms with E-state index in [0.717, 1.165) is 45.1 Å². The summed E-state index contributed by atoms with van der Waals surface area (Å²) in [6.07, 6.45) is 6.14. The maximum absolute atomic E-state index is 12.3. The van der Waals surface area contributed by atoms with Gasteiger partial charge in [0.2, 0.25) is 11.8 Å². The highest BCUT2D eigenvalue weighted by Crippen LogP contribution is 2.30. The fourth-order valence-electron chi connectivity index (χ4n) is 2.99. The molecule has 96 valence electrons. The maximum Gasteiger partial charge on any atom is 0.244 e. The normalized spacial score (nSPS) is 25.3. The van der Waals surface area contributed by atoms with E-state index in [1.165, 1.54) is 0 Å². The number of carbonyl (C=O) groups excluding carboxylic acids is 2. The number of likely N-dealkylation sites (N-methyl/N-ethyl adjacent to an activating group) is 1. The van der Waals surface area contributed by atoms with Crippen molar-refractivity contribution in [2.45, 2.75) is 44.6 Å². The standard InChI is InChI=1S/C13H22N2O2/c1-14(2)13(17)11-8-5-9-15(11)12(16)10-6-3-4-7-10/h10-11H,3-9H2,1-2H3. The number of rotatable bonds is 2. The van der Waals surface area contributed by atoms with E-state index in [9.17, 15) is 9.59 Å². The van der Waals surface area contributed by atoms with Gasteiger partial charge in [-0.05, 0) is 25.7 Å². The summed E-state index contributed by atoms with van der Waals surface area (Å²) in [5, 5.41) is 0. The van der Waals surface area contributed by atoms with Crippen molar-refractivity contribution < 1.29 is 9.59 Å². The molecule has 1 aliphatic heterocycles. The van der Waals surface area contributed by atoms with Crippen LogP contribution < -0.4 is 0 Å². The molecule has 1 heterocycles. The van der Waals surface area contributed by atoms with Crippen molar-refractivity contribution in [1.82, 2.24) is 9.80 Å². The summed E-state index contributed by atoms with van der Waals surface area (Å²) >= 11 is 0. The molecule has 0 bridgehead atoms. The SMILES string of the molecule is CN(C)C(=O)C1CCCN1C(=O)C1CCCC1. The first-order chi connectivity index (χ1) is 8.11. The zero-order valence-electron chi connectivity index (χ0n) is 10.8. The number of hydrogen-bond donors (Lipinski definition) is 0. The molecule has 4 nitrogen and oxygen atoms in total. The lowest BCUT2D eigenvalue weighted by atomic mass is 10.1. The summed E-state index contributed by atoms with van der Waals surface area (Å²) in [6, 6.07) is -0.196. The molecule has 0 spiro atoms. The lowest BCUT2D eigenvalue weighted by Gasteiger charge is -2.28. The zero-order valence-corrected chi connectivity index (χ0v) is 10.8. The number of likely N-dealkylation sites (tertiary alicyclic amines) is 1. The molecule has 0 N–H and O–H groups in total. The highest BCUT2D eigenvalue weighted by Gasteiger charge is 2.38. The van der Waals surface area contributed by atoms with E-state index >= 15 is 0 Å². The second-order valence-electron chi connectivity index (χ2n) is 5.40. The van der Waals surface area contributed by atoms with Crippen molar-refractivity contribution in [2.75, 3.05) is 20.6 Å². The van der Waals surface area contributed by atoms with Crippen molar-refractivity contribution in [1.29, 1.82) is 0 Å². The molecule has 2 amide bonds. The molecule has 4 heteroatoms. The third-order valence-corrected chi connectivity index (χ3v) is 3.97. The molecule has 2 fully saturated rings. The van der Waals surface area contributed by atoms with Crippen LogP contribution in [0.15, 0.2) is 0 Å². The summed E-state index contributed by atoms with van der Waals surface area (Å²) < 4.78 is 0. The molecule has 2 rings (SSSR count). The van der Waals surface area contributed by atoms with E-state index in [1.54, 1.807) is 19.0 Å². The Bertz CT molecular complexity index is 309. The smallest absolute Gasteiger partial charge is 0.244 e. The van der Waals surface area contributed by atoms with Gasteiger partial charge in [0.25, 0.3) is 0 Å². The van der Waals surface area contributed by atoms with Gasteiger partial charge >= 0.3 is 0 Å². The Labute approximate surface area is 103 Å². The fourth-order valence-corrected chi connectivity index (χ4v) is 2.99. The van der Waals surface area contributed by atoms with Crippen LogP contribution in [-0.2, 0) is 9.59 Å². The van der Waals surface area contributed by atoms with Crippen molar-refractivity contribution in [2.24, 2.45) is 5.92 Å². The number of nitrogens with zero attached hydrogens (tertiary/aromatic N) is 2. The van der Waals surface area contributed by atoms with E-state index in [-0.39, 0.29) is 23.8 Å². The lowest BCUT2D eigenvalue weighted by Crippen LogP contribution is -2.47. The number of carbonyl (C=O) groups is 2. The predicted octanol–water partition coefficient (Wildman–Crippen LogP) is 1.26. The minimum absolute atomic E-state index is 0.0776. The van der Waals surface area contributed by atoms with Gasteiger partial charge < -0.3 is 9.80 Å². The van der Waals surface area contributed by atoms with E-state index < -0.39 is 0 Å². The zero-order chi connectivity index (χ0) is 12.4. The van der Waals surface area contributed by atoms with Gasteiger partial charge in [0.05, 0.1) is 0 Å². The first kappa shape index (κ1) is 12.4. The molecule has 17 heavy (non-hydrogen) atoms. The van der Waals surface area contributed by atoms with Crippen molar-refractivity contribution in [3.63, 3.8) is 0 Å². The van der Waals surface area contributed by atoms with Crippen LogP contribution in [0, 0.1) is 5.92 Å². The van der Waals surface area contributed by atoms with E-state index in [0.29, 0.717) is 0 Å². The summed E-state index contributed by atoms with van der Waals surface area (Å²) in [5.74, 6) is 0.486. The monoisotopic (exact) mass is 238 g/mol. The van der Waals surface area contributed by atoms with Gasteiger partial charge in [-0.2, -0.15) is 0 Å². The third kappa shape index (κ3) is 2.45. The van der Waals surface area contributed by atoms with Crippen LogP contribution in [0.1, 0.15) is 38.5 Å². The fraction of sp³-hybridized carbons (Fsp3) is 0.846. The number of hydrogen-bond acceptors (Lipinski definition) is 2. The lowest BCUT2D eigenvalue weighted by molar-refractivity contribution is -0.144. The Morgan fingerprint density at radius 1 is 1.06 bits per heavy atom. The first-order valence-corrected chi connectivity index (χ1v) is 6.63. The van der Waals surface area contributed by atoms with Gasteiger partial charge in [0.15, 0.2) is 0 Å². The molecule has 0 radical (unpaired) electrons. The summed E-state index contributed by atoms with van der Waals surface area (Å²) in [7, 11) is 3.53. The topological polar surface area (TPSA) is 40.6 Å². The van der Waals surface area contributed by atoms with Gasteiger partial charge in [-0.15, -0.1) is 0 Å². The minimum Gasteiger partial charge on any atom is -0.347 e. The average Bonchev–Trinajstić information content (AvgIpc) is 2.97. The Hall–Kier alpha value is -1.06. The summed E-state index contributed by atoms with van der Waals surface area (Å²) in [6.45, 7) is 0.763. The molecule has 0 aromatic heterocycles. The van der Waals surface area contributed by atoms with E-state index in [1.807, 2.05) is 4.90 Å². The van der Waals surface area contributed by atoms with Crippen LogP contribution >= 0.6 is 0 Å². The van der Waals surface area contributed by atoms with Crippen LogP contribution in [-0.4, -0.2) is 48.3 Å². The van der Waals surface area contributed by atoms with E-state index in [2.05, 4.69) is 0 Å². The number of amides is 2.